The second kappa shape index (κ2) is 9.34. The second-order valence-corrected chi connectivity index (χ2v) is 11.9. The highest BCUT2D eigenvalue weighted by atomic mass is 32.2. The molecule has 2 heterocycles. The minimum absolute atomic E-state index is 0.0603. The molecule has 1 aromatic carbocycles. The molecule has 180 valence electrons. The first-order valence-electron chi connectivity index (χ1n) is 11.1. The van der Waals surface area contributed by atoms with Crippen LogP contribution in [0.5, 0.6) is 5.75 Å². The van der Waals surface area contributed by atoms with Crippen molar-refractivity contribution in [2.75, 3.05) is 10.0 Å². The van der Waals surface area contributed by atoms with E-state index in [9.17, 15) is 13.2 Å². The Labute approximate surface area is 203 Å². The molecule has 4 rings (SSSR count). The van der Waals surface area contributed by atoms with Gasteiger partial charge in [0, 0.05) is 22.8 Å². The van der Waals surface area contributed by atoms with Crippen LogP contribution in [0.3, 0.4) is 0 Å². The molecule has 0 unspecified atom stereocenters. The summed E-state index contributed by atoms with van der Waals surface area (Å²) in [6, 6.07) is 9.41. The molecular formula is C24H28N4O4S2. The normalized spacial score (nSPS) is 14.1. The van der Waals surface area contributed by atoms with Gasteiger partial charge < -0.3 is 10.1 Å². The van der Waals surface area contributed by atoms with Crippen molar-refractivity contribution in [3.05, 3.63) is 53.8 Å². The maximum Gasteiger partial charge on any atom is 0.237 e. The lowest BCUT2D eigenvalue weighted by atomic mass is 9.89. The Hall–Kier alpha value is -2.98. The van der Waals surface area contributed by atoms with Crippen LogP contribution < -0.4 is 14.8 Å². The largest absolute Gasteiger partial charge is 0.489 e. The third kappa shape index (κ3) is 5.56. The Morgan fingerprint density at radius 3 is 2.50 bits per heavy atom. The molecule has 0 radical (unpaired) electrons. The van der Waals surface area contributed by atoms with E-state index in [-0.39, 0.29) is 22.4 Å². The molecule has 1 amide bonds. The van der Waals surface area contributed by atoms with Gasteiger partial charge in [0.05, 0.1) is 28.7 Å². The van der Waals surface area contributed by atoms with E-state index in [1.165, 1.54) is 11.3 Å². The molecule has 0 atom stereocenters. The minimum atomic E-state index is -3.39. The fraction of sp³-hybridized carbons (Fsp3) is 0.375. The molecule has 1 aliphatic carbocycles. The Bertz CT molecular complexity index is 1280. The molecular weight excluding hydrogens is 472 g/mol. The molecule has 8 nitrogen and oxygen atoms in total. The summed E-state index contributed by atoms with van der Waals surface area (Å²) in [5.74, 6) is 0.463. The molecule has 0 spiro atoms. The Morgan fingerprint density at radius 2 is 1.85 bits per heavy atom. The van der Waals surface area contributed by atoms with Gasteiger partial charge in [-0.3, -0.25) is 14.5 Å². The highest BCUT2D eigenvalue weighted by Gasteiger charge is 2.37. The van der Waals surface area contributed by atoms with Crippen LogP contribution in [0.1, 0.15) is 46.2 Å². The number of nitrogens with one attached hydrogen (secondary N) is 2. The van der Waals surface area contributed by atoms with Gasteiger partial charge in [-0.1, -0.05) is 12.1 Å². The fourth-order valence-corrected chi connectivity index (χ4v) is 5.73. The van der Waals surface area contributed by atoms with Crippen molar-refractivity contribution in [2.24, 2.45) is 0 Å². The zero-order chi connectivity index (χ0) is 24.5. The summed E-state index contributed by atoms with van der Waals surface area (Å²) in [5, 5.41) is 4.59. The maximum absolute atomic E-state index is 13.0. The molecule has 0 saturated heterocycles. The van der Waals surface area contributed by atoms with E-state index in [0.29, 0.717) is 30.0 Å². The van der Waals surface area contributed by atoms with Gasteiger partial charge in [-0.25, -0.2) is 13.4 Å². The van der Waals surface area contributed by atoms with Crippen molar-refractivity contribution in [3.8, 4) is 16.9 Å². The molecule has 0 aliphatic heterocycles. The number of pyridine rings is 1. The number of aromatic nitrogens is 2. The van der Waals surface area contributed by atoms with Gasteiger partial charge in [0.2, 0.25) is 15.9 Å². The molecule has 1 saturated carbocycles. The van der Waals surface area contributed by atoms with Gasteiger partial charge in [-0.15, -0.1) is 11.3 Å². The SMILES string of the molecule is CC(C)Oc1cncc(-c2ccc(NC(=O)C(C)(C)c3csc(NS(=O)(=O)C4CC4)n3)cc2)c1. The Morgan fingerprint density at radius 1 is 1.15 bits per heavy atom. The van der Waals surface area contributed by atoms with E-state index in [2.05, 4.69) is 20.0 Å². The van der Waals surface area contributed by atoms with E-state index < -0.39 is 15.4 Å². The van der Waals surface area contributed by atoms with Crippen LogP contribution in [0.4, 0.5) is 10.8 Å². The van der Waals surface area contributed by atoms with Crippen molar-refractivity contribution in [2.45, 2.75) is 57.3 Å². The summed E-state index contributed by atoms with van der Waals surface area (Å²) in [4.78, 5) is 21.7. The highest BCUT2D eigenvalue weighted by molar-refractivity contribution is 7.93. The van der Waals surface area contributed by atoms with Gasteiger partial charge in [0.1, 0.15) is 5.75 Å². The summed E-state index contributed by atoms with van der Waals surface area (Å²) < 4.78 is 32.6. The average molecular weight is 501 g/mol. The monoisotopic (exact) mass is 500 g/mol. The van der Waals surface area contributed by atoms with E-state index in [1.807, 2.05) is 44.2 Å². The van der Waals surface area contributed by atoms with Crippen molar-refractivity contribution < 1.29 is 17.9 Å². The van der Waals surface area contributed by atoms with Gasteiger partial charge >= 0.3 is 0 Å². The number of benzene rings is 1. The number of amides is 1. The Balaban J connectivity index is 1.43. The molecule has 34 heavy (non-hydrogen) atoms. The number of sulfonamides is 1. The van der Waals surface area contributed by atoms with Crippen LogP contribution in [0, 0.1) is 0 Å². The van der Waals surface area contributed by atoms with Crippen LogP contribution in [-0.2, 0) is 20.2 Å². The number of thiazole rings is 1. The zero-order valence-corrected chi connectivity index (χ0v) is 21.2. The van der Waals surface area contributed by atoms with Crippen molar-refractivity contribution in [1.29, 1.82) is 0 Å². The average Bonchev–Trinajstić information content (AvgIpc) is 3.54. The Kier molecular flexibility index (Phi) is 6.64. The van der Waals surface area contributed by atoms with E-state index in [1.54, 1.807) is 31.6 Å². The van der Waals surface area contributed by atoms with Gasteiger partial charge in [0.15, 0.2) is 5.13 Å². The van der Waals surface area contributed by atoms with Crippen LogP contribution in [0.25, 0.3) is 11.1 Å². The molecule has 2 N–H and O–H groups in total. The number of carbonyl (C=O) groups excluding carboxylic acids is 1. The highest BCUT2D eigenvalue weighted by Crippen LogP contribution is 2.33. The van der Waals surface area contributed by atoms with Crippen LogP contribution in [0.15, 0.2) is 48.1 Å². The number of hydrogen-bond donors (Lipinski definition) is 2. The maximum atomic E-state index is 13.0. The lowest BCUT2D eigenvalue weighted by Gasteiger charge is -2.21. The lowest BCUT2D eigenvalue weighted by molar-refractivity contribution is -0.120. The topological polar surface area (TPSA) is 110 Å². The minimum Gasteiger partial charge on any atom is -0.489 e. The number of rotatable bonds is 9. The predicted molar refractivity (Wildman–Crippen MR) is 135 cm³/mol. The number of nitrogens with zero attached hydrogens (tertiary/aromatic N) is 2. The van der Waals surface area contributed by atoms with Crippen LogP contribution in [-0.4, -0.2) is 35.6 Å². The first-order chi connectivity index (χ1) is 16.0. The molecule has 0 bridgehead atoms. The van der Waals surface area contributed by atoms with E-state index in [4.69, 9.17) is 4.74 Å². The van der Waals surface area contributed by atoms with Crippen molar-refractivity contribution >= 4 is 38.1 Å². The standard InChI is InChI=1S/C24H28N4O4S2/c1-15(2)32-19-11-17(12-25-13-19)16-5-7-18(8-6-16)26-22(29)24(3,4)21-14-33-23(27-21)28-34(30,31)20-9-10-20/h5-8,11-15,20H,9-10H2,1-4H3,(H,26,29)(H,27,28). The van der Waals surface area contributed by atoms with Crippen LogP contribution in [0.2, 0.25) is 0 Å². The van der Waals surface area contributed by atoms with Crippen molar-refractivity contribution in [3.63, 3.8) is 0 Å². The molecule has 2 aromatic heterocycles. The number of hydrogen-bond acceptors (Lipinski definition) is 7. The van der Waals surface area contributed by atoms with Crippen molar-refractivity contribution in [1.82, 2.24) is 9.97 Å². The van der Waals surface area contributed by atoms with E-state index >= 15 is 0 Å². The number of ether oxygens (including phenoxy) is 1. The summed E-state index contributed by atoms with van der Waals surface area (Å²) in [6.07, 6.45) is 4.86. The van der Waals surface area contributed by atoms with Gasteiger partial charge in [-0.05, 0) is 64.3 Å². The van der Waals surface area contributed by atoms with E-state index in [0.717, 1.165) is 11.1 Å². The first kappa shape index (κ1) is 24.2. The molecule has 10 heteroatoms. The van der Waals surface area contributed by atoms with Crippen LogP contribution >= 0.6 is 11.3 Å². The molecule has 3 aromatic rings. The number of anilines is 2. The summed E-state index contributed by atoms with van der Waals surface area (Å²) >= 11 is 1.18. The fourth-order valence-electron chi connectivity index (χ4n) is 3.25. The summed E-state index contributed by atoms with van der Waals surface area (Å²) in [7, 11) is -3.39. The summed E-state index contributed by atoms with van der Waals surface area (Å²) in [5.41, 5.74) is 2.07. The first-order valence-corrected chi connectivity index (χ1v) is 13.5. The third-order valence-corrected chi connectivity index (χ3v) is 8.18. The molecule has 1 aliphatic rings. The molecule has 1 fully saturated rings. The number of carbonyl (C=O) groups is 1. The van der Waals surface area contributed by atoms with Gasteiger partial charge in [-0.2, -0.15) is 0 Å². The third-order valence-electron chi connectivity index (χ3n) is 5.47. The predicted octanol–water partition coefficient (Wildman–Crippen LogP) is 4.81. The summed E-state index contributed by atoms with van der Waals surface area (Å²) in [6.45, 7) is 7.45. The lowest BCUT2D eigenvalue weighted by Crippen LogP contribution is -2.35. The second-order valence-electron chi connectivity index (χ2n) is 9.12. The smallest absolute Gasteiger partial charge is 0.237 e. The quantitative estimate of drug-likeness (QED) is 0.436. The zero-order valence-electron chi connectivity index (χ0n) is 19.5. The van der Waals surface area contributed by atoms with Gasteiger partial charge in [0.25, 0.3) is 0 Å².